The van der Waals surface area contributed by atoms with Gasteiger partial charge < -0.3 is 5.32 Å². The third kappa shape index (κ3) is 2.65. The van der Waals surface area contributed by atoms with Gasteiger partial charge in [0.2, 0.25) is 0 Å². The number of amides is 1. The average Bonchev–Trinajstić information content (AvgIpc) is 2.64. The number of halogens is 3. The zero-order valence-electron chi connectivity index (χ0n) is 10.2. The molecule has 0 saturated carbocycles. The second-order valence-electron chi connectivity index (χ2n) is 3.97. The number of aryl methyl sites for hydroxylation is 1. The average molecular weight is 330 g/mol. The number of benzene rings is 1. The predicted molar refractivity (Wildman–Crippen MR) is 70.0 cm³/mol. The maximum Gasteiger partial charge on any atom is 0.259 e. The highest BCUT2D eigenvalue weighted by atomic mass is 79.9. The summed E-state index contributed by atoms with van der Waals surface area (Å²) in [6.07, 6.45) is 1.35. The molecule has 19 heavy (non-hydrogen) atoms. The first kappa shape index (κ1) is 13.7. The van der Waals surface area contributed by atoms with E-state index in [0.717, 1.165) is 12.1 Å². The summed E-state index contributed by atoms with van der Waals surface area (Å²) >= 11 is 2.97. The lowest BCUT2D eigenvalue weighted by Crippen LogP contribution is -2.15. The molecule has 100 valence electrons. The molecule has 2 rings (SSSR count). The van der Waals surface area contributed by atoms with Gasteiger partial charge in [0.25, 0.3) is 5.91 Å². The van der Waals surface area contributed by atoms with E-state index in [-0.39, 0.29) is 10.0 Å². The van der Waals surface area contributed by atoms with Gasteiger partial charge in [-0.05, 0) is 19.1 Å². The van der Waals surface area contributed by atoms with E-state index in [1.807, 2.05) is 0 Å². The van der Waals surface area contributed by atoms with Crippen LogP contribution in [0.25, 0.3) is 0 Å². The van der Waals surface area contributed by atoms with E-state index in [1.165, 1.54) is 10.9 Å². The Morgan fingerprint density at radius 3 is 2.42 bits per heavy atom. The summed E-state index contributed by atoms with van der Waals surface area (Å²) in [6.45, 7) is 1.69. The number of hydrogen-bond donors (Lipinski definition) is 1. The van der Waals surface area contributed by atoms with Crippen LogP contribution in [-0.2, 0) is 7.05 Å². The number of rotatable bonds is 2. The van der Waals surface area contributed by atoms with E-state index in [9.17, 15) is 13.6 Å². The minimum Gasteiger partial charge on any atom is -0.317 e. The van der Waals surface area contributed by atoms with Crippen LogP contribution >= 0.6 is 15.9 Å². The van der Waals surface area contributed by atoms with Gasteiger partial charge in [-0.1, -0.05) is 15.9 Å². The van der Waals surface area contributed by atoms with Crippen LogP contribution in [0.15, 0.2) is 22.8 Å². The Kier molecular flexibility index (Phi) is 3.66. The molecule has 0 atom stereocenters. The molecule has 0 radical (unpaired) electrons. The smallest absolute Gasteiger partial charge is 0.259 e. The van der Waals surface area contributed by atoms with Crippen molar-refractivity contribution in [1.29, 1.82) is 0 Å². The minimum atomic E-state index is -0.846. The molecule has 0 aliphatic rings. The van der Waals surface area contributed by atoms with E-state index in [0.29, 0.717) is 5.69 Å². The lowest BCUT2D eigenvalue weighted by atomic mass is 10.2. The molecule has 0 bridgehead atoms. The fourth-order valence-corrected chi connectivity index (χ4v) is 1.97. The van der Waals surface area contributed by atoms with Crippen LogP contribution in [0.3, 0.4) is 0 Å². The predicted octanol–water partition coefficient (Wildman–Crippen LogP) is 3.02. The fraction of sp³-hybridized carbons (Fsp3) is 0.167. The molecular formula is C12H10BrF2N3O. The van der Waals surface area contributed by atoms with Crippen LogP contribution in [0, 0.1) is 18.6 Å². The lowest BCUT2D eigenvalue weighted by Gasteiger charge is -2.08. The minimum absolute atomic E-state index is 0.262. The second kappa shape index (κ2) is 5.08. The van der Waals surface area contributed by atoms with E-state index >= 15 is 0 Å². The Morgan fingerprint density at radius 2 is 1.95 bits per heavy atom. The van der Waals surface area contributed by atoms with Crippen LogP contribution in [0.2, 0.25) is 0 Å². The lowest BCUT2D eigenvalue weighted by molar-refractivity contribution is 0.102. The maximum atomic E-state index is 13.6. The first-order valence-electron chi connectivity index (χ1n) is 5.34. The van der Waals surface area contributed by atoms with Crippen molar-refractivity contribution in [2.45, 2.75) is 6.92 Å². The van der Waals surface area contributed by atoms with Crippen molar-refractivity contribution in [3.8, 4) is 0 Å². The zero-order valence-corrected chi connectivity index (χ0v) is 11.8. The van der Waals surface area contributed by atoms with Crippen molar-refractivity contribution >= 4 is 27.5 Å². The highest BCUT2D eigenvalue weighted by Gasteiger charge is 2.17. The van der Waals surface area contributed by atoms with Crippen molar-refractivity contribution in [3.63, 3.8) is 0 Å². The maximum absolute atomic E-state index is 13.6. The number of carbonyl (C=O) groups excluding carboxylic acids is 1. The molecule has 1 aromatic heterocycles. The number of anilines is 1. The number of nitrogens with zero attached hydrogens (tertiary/aromatic N) is 2. The first-order valence-corrected chi connectivity index (χ1v) is 6.14. The van der Waals surface area contributed by atoms with Crippen molar-refractivity contribution in [2.24, 2.45) is 7.05 Å². The number of carbonyl (C=O) groups is 1. The quantitative estimate of drug-likeness (QED) is 0.920. The summed E-state index contributed by atoms with van der Waals surface area (Å²) in [4.78, 5) is 11.9. The van der Waals surface area contributed by atoms with Gasteiger partial charge in [0.15, 0.2) is 11.6 Å². The van der Waals surface area contributed by atoms with E-state index in [4.69, 9.17) is 0 Å². The van der Waals surface area contributed by atoms with Crippen molar-refractivity contribution in [3.05, 3.63) is 45.7 Å². The number of aromatic nitrogens is 2. The summed E-state index contributed by atoms with van der Waals surface area (Å²) < 4.78 is 28.9. The summed E-state index contributed by atoms with van der Waals surface area (Å²) in [5, 5.41) is 6.11. The van der Waals surface area contributed by atoms with Crippen molar-refractivity contribution in [2.75, 3.05) is 5.32 Å². The van der Waals surface area contributed by atoms with Gasteiger partial charge in [-0.25, -0.2) is 8.78 Å². The molecule has 4 nitrogen and oxygen atoms in total. The van der Waals surface area contributed by atoms with Crippen LogP contribution in [0.4, 0.5) is 14.5 Å². The third-order valence-corrected chi connectivity index (χ3v) is 3.18. The van der Waals surface area contributed by atoms with Crippen LogP contribution < -0.4 is 5.32 Å². The van der Waals surface area contributed by atoms with Crippen LogP contribution in [0.5, 0.6) is 0 Å². The molecule has 0 saturated heterocycles. The molecule has 1 heterocycles. The highest BCUT2D eigenvalue weighted by Crippen LogP contribution is 2.24. The van der Waals surface area contributed by atoms with Gasteiger partial charge in [-0.3, -0.25) is 9.48 Å². The molecular weight excluding hydrogens is 320 g/mol. The number of hydrogen-bond acceptors (Lipinski definition) is 2. The molecule has 1 N–H and O–H groups in total. The molecule has 0 aliphatic carbocycles. The van der Waals surface area contributed by atoms with Gasteiger partial charge in [0.1, 0.15) is 5.69 Å². The first-order chi connectivity index (χ1) is 8.90. The van der Waals surface area contributed by atoms with Gasteiger partial charge in [-0.2, -0.15) is 5.10 Å². The Bertz CT molecular complexity index is 631. The van der Waals surface area contributed by atoms with E-state index < -0.39 is 23.2 Å². The van der Waals surface area contributed by atoms with Crippen molar-refractivity contribution < 1.29 is 13.6 Å². The molecule has 0 unspecified atom stereocenters. The summed E-state index contributed by atoms with van der Waals surface area (Å²) in [7, 11) is 1.67. The van der Waals surface area contributed by atoms with Gasteiger partial charge >= 0.3 is 0 Å². The zero-order chi connectivity index (χ0) is 14.2. The Morgan fingerprint density at radius 1 is 1.37 bits per heavy atom. The largest absolute Gasteiger partial charge is 0.317 e. The number of nitrogens with one attached hydrogen (secondary N) is 1. The third-order valence-electron chi connectivity index (χ3n) is 2.73. The summed E-state index contributed by atoms with van der Waals surface area (Å²) in [6, 6.07) is 2.16. The molecule has 1 aromatic carbocycles. The molecule has 0 aliphatic heterocycles. The Hall–Kier alpha value is -1.76. The van der Waals surface area contributed by atoms with Crippen molar-refractivity contribution in [1.82, 2.24) is 9.78 Å². The van der Waals surface area contributed by atoms with E-state index in [2.05, 4.69) is 26.3 Å². The monoisotopic (exact) mass is 329 g/mol. The topological polar surface area (TPSA) is 46.9 Å². The summed E-state index contributed by atoms with van der Waals surface area (Å²) in [5.41, 5.74) is 0.399. The van der Waals surface area contributed by atoms with E-state index in [1.54, 1.807) is 14.0 Å². The second-order valence-corrected chi connectivity index (χ2v) is 4.88. The molecule has 1 amide bonds. The molecule has 2 aromatic rings. The van der Waals surface area contributed by atoms with Gasteiger partial charge in [-0.15, -0.1) is 0 Å². The highest BCUT2D eigenvalue weighted by molar-refractivity contribution is 9.10. The van der Waals surface area contributed by atoms with Crippen LogP contribution in [0.1, 0.15) is 16.1 Å². The Balaban J connectivity index is 2.32. The Labute approximate surface area is 116 Å². The fourth-order valence-electron chi connectivity index (χ4n) is 1.56. The standard InChI is InChI=1S/C12H10BrF2N3O/c1-6-8(5-16-18(6)2)12(19)17-11-9(14)3-7(13)4-10(11)15/h3-5H,1-2H3,(H,17,19). The van der Waals surface area contributed by atoms with Gasteiger partial charge in [0.05, 0.1) is 11.8 Å². The normalized spacial score (nSPS) is 10.6. The molecule has 0 fully saturated rings. The molecule has 0 spiro atoms. The molecule has 7 heteroatoms. The summed E-state index contributed by atoms with van der Waals surface area (Å²) in [5.74, 6) is -2.30. The van der Waals surface area contributed by atoms with Gasteiger partial charge in [0, 0.05) is 17.2 Å². The van der Waals surface area contributed by atoms with Crippen LogP contribution in [-0.4, -0.2) is 15.7 Å². The SMILES string of the molecule is Cc1c(C(=O)Nc2c(F)cc(Br)cc2F)cnn1C.